The molecule has 1 atom stereocenters. The summed E-state index contributed by atoms with van der Waals surface area (Å²) >= 11 is 5.97. The minimum absolute atomic E-state index is 0.00808. The van der Waals surface area contributed by atoms with E-state index in [4.69, 9.17) is 21.1 Å². The van der Waals surface area contributed by atoms with Crippen molar-refractivity contribution in [2.45, 2.75) is 12.5 Å². The lowest BCUT2D eigenvalue weighted by atomic mass is 9.94. The summed E-state index contributed by atoms with van der Waals surface area (Å²) in [4.78, 5) is 29.7. The van der Waals surface area contributed by atoms with Crippen molar-refractivity contribution in [1.29, 1.82) is 0 Å². The summed E-state index contributed by atoms with van der Waals surface area (Å²) in [5, 5.41) is 11.6. The maximum atomic E-state index is 13.1. The number of methoxy groups -OCH3 is 2. The number of likely N-dealkylation sites (tertiary alicyclic amines) is 1. The lowest BCUT2D eigenvalue weighted by Crippen LogP contribution is -2.32. The Morgan fingerprint density at radius 2 is 1.78 bits per heavy atom. The summed E-state index contributed by atoms with van der Waals surface area (Å²) < 4.78 is 10.9. The molecule has 0 spiro atoms. The zero-order chi connectivity index (χ0) is 23.4. The van der Waals surface area contributed by atoms with E-state index in [0.29, 0.717) is 40.6 Å². The van der Waals surface area contributed by atoms with Gasteiger partial charge in [-0.1, -0.05) is 11.6 Å². The van der Waals surface area contributed by atoms with Gasteiger partial charge in [-0.15, -0.1) is 0 Å². The zero-order valence-corrected chi connectivity index (χ0v) is 19.3. The van der Waals surface area contributed by atoms with Crippen molar-refractivity contribution in [1.82, 2.24) is 9.80 Å². The maximum absolute atomic E-state index is 13.1. The minimum atomic E-state index is -0.821. The third-order valence-corrected chi connectivity index (χ3v) is 5.65. The number of ether oxygens (including phenoxy) is 2. The van der Waals surface area contributed by atoms with Crippen molar-refractivity contribution in [2.75, 3.05) is 41.4 Å². The van der Waals surface area contributed by atoms with E-state index >= 15 is 0 Å². The molecule has 170 valence electrons. The van der Waals surface area contributed by atoms with Crippen molar-refractivity contribution in [3.8, 4) is 11.5 Å². The predicted octanol–water partition coefficient (Wildman–Crippen LogP) is 3.73. The number of hydrogen-bond donors (Lipinski definition) is 1. The first-order valence-electron chi connectivity index (χ1n) is 10.2. The number of carbonyl (C=O) groups excluding carboxylic acids is 2. The molecule has 1 aliphatic rings. The molecule has 32 heavy (non-hydrogen) atoms. The molecule has 0 aliphatic carbocycles. The van der Waals surface area contributed by atoms with E-state index < -0.39 is 17.7 Å². The van der Waals surface area contributed by atoms with Crippen LogP contribution in [0.5, 0.6) is 11.5 Å². The van der Waals surface area contributed by atoms with E-state index in [-0.39, 0.29) is 11.3 Å². The number of hydrogen-bond acceptors (Lipinski definition) is 6. The van der Waals surface area contributed by atoms with Crippen LogP contribution in [-0.4, -0.2) is 68.0 Å². The van der Waals surface area contributed by atoms with Crippen molar-refractivity contribution >= 4 is 29.1 Å². The van der Waals surface area contributed by atoms with Crippen LogP contribution in [0.4, 0.5) is 0 Å². The first-order chi connectivity index (χ1) is 15.3. The van der Waals surface area contributed by atoms with Gasteiger partial charge in [0.25, 0.3) is 11.7 Å². The maximum Gasteiger partial charge on any atom is 0.295 e. The highest BCUT2D eigenvalue weighted by molar-refractivity contribution is 6.46. The van der Waals surface area contributed by atoms with Gasteiger partial charge in [0.15, 0.2) is 0 Å². The fourth-order valence-electron chi connectivity index (χ4n) is 3.81. The summed E-state index contributed by atoms with van der Waals surface area (Å²) in [5.41, 5.74) is 0.965. The van der Waals surface area contributed by atoms with Crippen LogP contribution in [0.3, 0.4) is 0 Å². The molecule has 2 aromatic rings. The Morgan fingerprint density at radius 1 is 1.09 bits per heavy atom. The van der Waals surface area contributed by atoms with Crippen molar-refractivity contribution < 1.29 is 24.2 Å². The molecule has 0 radical (unpaired) electrons. The zero-order valence-electron chi connectivity index (χ0n) is 18.6. The smallest absolute Gasteiger partial charge is 0.295 e. The Hall–Kier alpha value is -3.03. The van der Waals surface area contributed by atoms with Crippen LogP contribution >= 0.6 is 11.6 Å². The van der Waals surface area contributed by atoms with Crippen LogP contribution in [0.1, 0.15) is 23.6 Å². The van der Waals surface area contributed by atoms with E-state index in [2.05, 4.69) is 0 Å². The van der Waals surface area contributed by atoms with Gasteiger partial charge < -0.3 is 24.4 Å². The van der Waals surface area contributed by atoms with Crippen LogP contribution in [0, 0.1) is 0 Å². The van der Waals surface area contributed by atoms with Crippen LogP contribution in [-0.2, 0) is 9.59 Å². The Bertz CT molecular complexity index is 1030. The number of aliphatic hydroxyl groups is 1. The Balaban J connectivity index is 2.18. The van der Waals surface area contributed by atoms with Crippen LogP contribution in [0.2, 0.25) is 5.02 Å². The quantitative estimate of drug-likeness (QED) is 0.369. The molecule has 7 nitrogen and oxygen atoms in total. The van der Waals surface area contributed by atoms with E-state index in [0.717, 1.165) is 6.54 Å². The number of rotatable bonds is 8. The lowest BCUT2D eigenvalue weighted by molar-refractivity contribution is -0.140. The molecule has 0 saturated carbocycles. The predicted molar refractivity (Wildman–Crippen MR) is 123 cm³/mol. The first kappa shape index (κ1) is 23.6. The molecule has 0 bridgehead atoms. The van der Waals surface area contributed by atoms with Crippen LogP contribution in [0.25, 0.3) is 5.76 Å². The lowest BCUT2D eigenvalue weighted by Gasteiger charge is -2.27. The van der Waals surface area contributed by atoms with E-state index in [1.807, 2.05) is 19.0 Å². The number of benzene rings is 2. The molecule has 8 heteroatoms. The van der Waals surface area contributed by atoms with E-state index in [9.17, 15) is 14.7 Å². The summed E-state index contributed by atoms with van der Waals surface area (Å²) in [5.74, 6) is -0.625. The number of aliphatic hydroxyl groups excluding tert-OH is 1. The Kier molecular flexibility index (Phi) is 7.43. The summed E-state index contributed by atoms with van der Waals surface area (Å²) in [7, 11) is 6.94. The number of carbonyl (C=O) groups is 2. The minimum Gasteiger partial charge on any atom is -0.507 e. The highest BCUT2D eigenvalue weighted by atomic mass is 35.5. The van der Waals surface area contributed by atoms with Crippen molar-refractivity contribution in [3.63, 3.8) is 0 Å². The van der Waals surface area contributed by atoms with Gasteiger partial charge in [-0.3, -0.25) is 9.59 Å². The summed E-state index contributed by atoms with van der Waals surface area (Å²) in [6.07, 6.45) is 0.657. The second kappa shape index (κ2) is 10.1. The Labute approximate surface area is 192 Å². The number of ketones is 1. The highest BCUT2D eigenvalue weighted by Gasteiger charge is 2.47. The third-order valence-electron chi connectivity index (χ3n) is 5.39. The van der Waals surface area contributed by atoms with Crippen LogP contribution < -0.4 is 9.47 Å². The van der Waals surface area contributed by atoms with Gasteiger partial charge in [0.2, 0.25) is 0 Å². The van der Waals surface area contributed by atoms with E-state index in [1.165, 1.54) is 19.1 Å². The molecule has 0 unspecified atom stereocenters. The average molecular weight is 459 g/mol. The molecule has 1 heterocycles. The first-order valence-corrected chi connectivity index (χ1v) is 10.6. The third kappa shape index (κ3) is 4.74. The van der Waals surface area contributed by atoms with Gasteiger partial charge in [0, 0.05) is 22.7 Å². The standard InChI is InChI=1S/C24H27ClN2O5/c1-26(2)12-5-13-27-21(18-14-17(31-3)10-11-19(18)32-4)20(23(29)24(27)30)22(28)15-6-8-16(25)9-7-15/h6-11,14,21,28H,5,12-13H2,1-4H3/t21-/m1/s1. The highest BCUT2D eigenvalue weighted by Crippen LogP contribution is 2.44. The largest absolute Gasteiger partial charge is 0.507 e. The normalized spacial score (nSPS) is 17.8. The molecule has 1 N–H and O–H groups in total. The molecule has 1 aliphatic heterocycles. The Morgan fingerprint density at radius 3 is 2.38 bits per heavy atom. The monoisotopic (exact) mass is 458 g/mol. The second-order valence-electron chi connectivity index (χ2n) is 7.76. The number of amides is 1. The molecule has 0 aromatic heterocycles. The van der Waals surface area contributed by atoms with E-state index in [1.54, 1.807) is 42.5 Å². The molecular weight excluding hydrogens is 432 g/mol. The van der Waals surface area contributed by atoms with Gasteiger partial charge in [0.1, 0.15) is 17.3 Å². The molecule has 2 aromatic carbocycles. The van der Waals surface area contributed by atoms with Gasteiger partial charge in [-0.25, -0.2) is 0 Å². The second-order valence-corrected chi connectivity index (χ2v) is 8.20. The molecular formula is C24H27ClN2O5. The number of nitrogens with zero attached hydrogens (tertiary/aromatic N) is 2. The fourth-order valence-corrected chi connectivity index (χ4v) is 3.93. The average Bonchev–Trinajstić information content (AvgIpc) is 3.03. The number of halogens is 1. The molecule has 3 rings (SSSR count). The molecule has 1 amide bonds. The topological polar surface area (TPSA) is 79.3 Å². The summed E-state index contributed by atoms with van der Waals surface area (Å²) in [6, 6.07) is 10.8. The molecule has 1 saturated heterocycles. The van der Waals surface area contributed by atoms with Crippen molar-refractivity contribution in [3.05, 3.63) is 64.2 Å². The molecule has 1 fully saturated rings. The SMILES string of the molecule is COc1ccc(OC)c([C@@H]2C(=C(O)c3ccc(Cl)cc3)C(=O)C(=O)N2CCCN(C)C)c1. The van der Waals surface area contributed by atoms with Gasteiger partial charge in [-0.2, -0.15) is 0 Å². The number of Topliss-reactive ketones (excluding diaryl/α,β-unsaturated/α-hetero) is 1. The van der Waals surface area contributed by atoms with Gasteiger partial charge in [-0.05, 0) is 69.5 Å². The van der Waals surface area contributed by atoms with Crippen molar-refractivity contribution in [2.24, 2.45) is 0 Å². The fraction of sp³-hybridized carbons (Fsp3) is 0.333. The summed E-state index contributed by atoms with van der Waals surface area (Å²) in [6.45, 7) is 1.08. The van der Waals surface area contributed by atoms with Crippen LogP contribution in [0.15, 0.2) is 48.0 Å². The van der Waals surface area contributed by atoms with Gasteiger partial charge in [0.05, 0.1) is 25.8 Å². The van der Waals surface area contributed by atoms with Gasteiger partial charge >= 0.3 is 0 Å².